The van der Waals surface area contributed by atoms with Crippen molar-refractivity contribution in [2.45, 2.75) is 18.6 Å². The molecule has 2 aliphatic heterocycles. The molecule has 1 aromatic rings. The zero-order valence-electron chi connectivity index (χ0n) is 9.42. The number of nitrogens with zero attached hydrogens (tertiary/aromatic N) is 1. The Morgan fingerprint density at radius 1 is 1.33 bits per heavy atom. The first kappa shape index (κ1) is 11.4. The van der Waals surface area contributed by atoms with Gasteiger partial charge in [-0.3, -0.25) is 4.79 Å². The highest BCUT2D eigenvalue weighted by Crippen LogP contribution is 2.38. The van der Waals surface area contributed by atoms with Crippen molar-refractivity contribution in [2.24, 2.45) is 0 Å². The Morgan fingerprint density at radius 2 is 2.11 bits per heavy atom. The minimum atomic E-state index is -4.33. The third-order valence-electron chi connectivity index (χ3n) is 3.46. The molecule has 18 heavy (non-hydrogen) atoms. The van der Waals surface area contributed by atoms with E-state index in [1.54, 1.807) is 0 Å². The standard InChI is InChI=1S/C12H11F3N2O/c13-12(14,15)8-1-2-9-7(5-8)6-10-11(18)16-3-4-17(9)10/h1-2,5,10H,3-4,6H2,(H,16,18). The SMILES string of the molecule is O=C1NCCN2c3ccc(C(F)(F)F)cc3CC12. The summed E-state index contributed by atoms with van der Waals surface area (Å²) in [6.07, 6.45) is -3.98. The molecule has 1 amide bonds. The van der Waals surface area contributed by atoms with Crippen molar-refractivity contribution in [3.05, 3.63) is 29.3 Å². The van der Waals surface area contributed by atoms with E-state index in [1.165, 1.54) is 6.07 Å². The number of anilines is 1. The van der Waals surface area contributed by atoms with Crippen LogP contribution < -0.4 is 10.2 Å². The van der Waals surface area contributed by atoms with Gasteiger partial charge in [-0.1, -0.05) is 0 Å². The number of halogens is 3. The number of carbonyl (C=O) groups is 1. The van der Waals surface area contributed by atoms with Gasteiger partial charge in [0, 0.05) is 25.2 Å². The predicted octanol–water partition coefficient (Wildman–Crippen LogP) is 1.57. The number of benzene rings is 1. The molecule has 1 unspecified atom stereocenters. The summed E-state index contributed by atoms with van der Waals surface area (Å²) in [7, 11) is 0. The van der Waals surface area contributed by atoms with E-state index in [0.717, 1.165) is 17.8 Å². The zero-order valence-corrected chi connectivity index (χ0v) is 9.42. The lowest BCUT2D eigenvalue weighted by molar-refractivity contribution is -0.137. The topological polar surface area (TPSA) is 32.3 Å². The Labute approximate surface area is 102 Å². The quantitative estimate of drug-likeness (QED) is 0.764. The van der Waals surface area contributed by atoms with Crippen LogP contribution in [0.5, 0.6) is 0 Å². The Hall–Kier alpha value is -1.72. The molecule has 0 bridgehead atoms. The minimum Gasteiger partial charge on any atom is -0.357 e. The first-order valence-electron chi connectivity index (χ1n) is 5.71. The highest BCUT2D eigenvalue weighted by atomic mass is 19.4. The number of nitrogens with one attached hydrogen (secondary N) is 1. The number of rotatable bonds is 0. The number of carbonyl (C=O) groups excluding carboxylic acids is 1. The normalized spacial score (nSPS) is 22.5. The molecule has 3 nitrogen and oxygen atoms in total. The second-order valence-electron chi connectivity index (χ2n) is 4.55. The molecule has 6 heteroatoms. The van der Waals surface area contributed by atoms with Crippen LogP contribution in [-0.4, -0.2) is 25.0 Å². The largest absolute Gasteiger partial charge is 0.416 e. The molecule has 1 fully saturated rings. The van der Waals surface area contributed by atoms with Crippen molar-refractivity contribution in [1.82, 2.24) is 5.32 Å². The van der Waals surface area contributed by atoms with Gasteiger partial charge in [0.15, 0.2) is 0 Å². The Morgan fingerprint density at radius 3 is 2.83 bits per heavy atom. The van der Waals surface area contributed by atoms with E-state index in [2.05, 4.69) is 5.32 Å². The Bertz CT molecular complexity index is 513. The number of alkyl halides is 3. The van der Waals surface area contributed by atoms with Gasteiger partial charge in [-0.2, -0.15) is 13.2 Å². The number of hydrogen-bond donors (Lipinski definition) is 1. The fourth-order valence-corrected chi connectivity index (χ4v) is 2.62. The van der Waals surface area contributed by atoms with Gasteiger partial charge in [0.25, 0.3) is 0 Å². The molecule has 0 aromatic heterocycles. The van der Waals surface area contributed by atoms with Crippen molar-refractivity contribution >= 4 is 11.6 Å². The molecule has 0 spiro atoms. The summed E-state index contributed by atoms with van der Waals surface area (Å²) < 4.78 is 37.8. The average Bonchev–Trinajstić information content (AvgIpc) is 2.67. The van der Waals surface area contributed by atoms with E-state index in [-0.39, 0.29) is 11.9 Å². The summed E-state index contributed by atoms with van der Waals surface area (Å²) in [5.41, 5.74) is 0.705. The average molecular weight is 256 g/mol. The Balaban J connectivity index is 1.99. The summed E-state index contributed by atoms with van der Waals surface area (Å²) in [4.78, 5) is 13.5. The summed E-state index contributed by atoms with van der Waals surface area (Å²) >= 11 is 0. The van der Waals surface area contributed by atoms with Crippen molar-refractivity contribution in [1.29, 1.82) is 0 Å². The van der Waals surface area contributed by atoms with Crippen LogP contribution in [0.3, 0.4) is 0 Å². The molecule has 3 rings (SSSR count). The van der Waals surface area contributed by atoms with Gasteiger partial charge in [-0.05, 0) is 23.8 Å². The van der Waals surface area contributed by atoms with Gasteiger partial charge < -0.3 is 10.2 Å². The lowest BCUT2D eigenvalue weighted by Crippen LogP contribution is -2.53. The monoisotopic (exact) mass is 256 g/mol. The van der Waals surface area contributed by atoms with E-state index in [1.807, 2.05) is 4.90 Å². The van der Waals surface area contributed by atoms with Crippen LogP contribution in [-0.2, 0) is 17.4 Å². The smallest absolute Gasteiger partial charge is 0.357 e. The molecular weight excluding hydrogens is 245 g/mol. The summed E-state index contributed by atoms with van der Waals surface area (Å²) in [6.45, 7) is 1.19. The molecule has 96 valence electrons. The maximum absolute atomic E-state index is 12.6. The van der Waals surface area contributed by atoms with Crippen LogP contribution >= 0.6 is 0 Å². The molecule has 1 saturated heterocycles. The van der Waals surface area contributed by atoms with Crippen LogP contribution in [0, 0.1) is 0 Å². The number of fused-ring (bicyclic) bond motifs is 3. The van der Waals surface area contributed by atoms with Gasteiger partial charge in [0.2, 0.25) is 5.91 Å². The van der Waals surface area contributed by atoms with Crippen molar-refractivity contribution < 1.29 is 18.0 Å². The maximum atomic E-state index is 12.6. The number of piperazine rings is 1. The van der Waals surface area contributed by atoms with Gasteiger partial charge in [-0.15, -0.1) is 0 Å². The summed E-state index contributed by atoms with van der Waals surface area (Å²) in [5.74, 6) is -0.106. The first-order valence-corrected chi connectivity index (χ1v) is 5.71. The molecule has 0 aliphatic carbocycles. The molecule has 2 heterocycles. The zero-order chi connectivity index (χ0) is 12.9. The number of hydrogen-bond acceptors (Lipinski definition) is 2. The fourth-order valence-electron chi connectivity index (χ4n) is 2.62. The predicted molar refractivity (Wildman–Crippen MR) is 59.3 cm³/mol. The van der Waals surface area contributed by atoms with E-state index >= 15 is 0 Å². The highest BCUT2D eigenvalue weighted by molar-refractivity contribution is 5.89. The van der Waals surface area contributed by atoms with Crippen molar-refractivity contribution in [2.75, 3.05) is 18.0 Å². The highest BCUT2D eigenvalue weighted by Gasteiger charge is 2.39. The molecule has 0 radical (unpaired) electrons. The lowest BCUT2D eigenvalue weighted by atomic mass is 10.1. The third kappa shape index (κ3) is 1.63. The minimum absolute atomic E-state index is 0.106. The maximum Gasteiger partial charge on any atom is 0.416 e. The van der Waals surface area contributed by atoms with Crippen LogP contribution in [0.2, 0.25) is 0 Å². The number of amides is 1. The van der Waals surface area contributed by atoms with Gasteiger partial charge in [-0.25, -0.2) is 0 Å². The van der Waals surface area contributed by atoms with Gasteiger partial charge >= 0.3 is 6.18 Å². The first-order chi connectivity index (χ1) is 8.47. The molecule has 1 N–H and O–H groups in total. The van der Waals surface area contributed by atoms with E-state index in [0.29, 0.717) is 25.1 Å². The summed E-state index contributed by atoms with van der Waals surface area (Å²) in [5, 5.41) is 2.73. The Kier molecular flexibility index (Phi) is 2.30. The third-order valence-corrected chi connectivity index (χ3v) is 3.46. The van der Waals surface area contributed by atoms with Crippen molar-refractivity contribution in [3.63, 3.8) is 0 Å². The molecule has 1 aromatic carbocycles. The van der Waals surface area contributed by atoms with Crippen molar-refractivity contribution in [3.8, 4) is 0 Å². The van der Waals surface area contributed by atoms with Crippen LogP contribution in [0.1, 0.15) is 11.1 Å². The lowest BCUT2D eigenvalue weighted by Gasteiger charge is -2.31. The van der Waals surface area contributed by atoms with Crippen LogP contribution in [0.25, 0.3) is 0 Å². The van der Waals surface area contributed by atoms with Gasteiger partial charge in [0.1, 0.15) is 6.04 Å². The molecular formula is C12H11F3N2O. The second kappa shape index (κ2) is 3.63. The molecule has 2 aliphatic rings. The fraction of sp³-hybridized carbons (Fsp3) is 0.417. The van der Waals surface area contributed by atoms with Crippen LogP contribution in [0.15, 0.2) is 18.2 Å². The van der Waals surface area contributed by atoms with Gasteiger partial charge in [0.05, 0.1) is 5.56 Å². The molecule has 0 saturated carbocycles. The van der Waals surface area contributed by atoms with E-state index in [9.17, 15) is 18.0 Å². The second-order valence-corrected chi connectivity index (χ2v) is 4.55. The van der Waals surface area contributed by atoms with E-state index < -0.39 is 11.7 Å². The van der Waals surface area contributed by atoms with E-state index in [4.69, 9.17) is 0 Å². The summed E-state index contributed by atoms with van der Waals surface area (Å²) in [6, 6.07) is 3.35. The van der Waals surface area contributed by atoms with Crippen LogP contribution in [0.4, 0.5) is 18.9 Å². The molecule has 1 atom stereocenters.